The highest BCUT2D eigenvalue weighted by Crippen LogP contribution is 2.25. The van der Waals surface area contributed by atoms with Crippen LogP contribution in [0.3, 0.4) is 0 Å². The van der Waals surface area contributed by atoms with E-state index in [1.807, 2.05) is 30.0 Å². The maximum absolute atomic E-state index is 12.6. The summed E-state index contributed by atoms with van der Waals surface area (Å²) in [5, 5.41) is 3.06. The predicted octanol–water partition coefficient (Wildman–Crippen LogP) is 3.57. The Morgan fingerprint density at radius 2 is 2.20 bits per heavy atom. The highest BCUT2D eigenvalue weighted by molar-refractivity contribution is 9.10. The molecule has 0 spiro atoms. The summed E-state index contributed by atoms with van der Waals surface area (Å²) in [4.78, 5) is 15.1. The van der Waals surface area contributed by atoms with Crippen LogP contribution < -0.4 is 10.1 Å². The van der Waals surface area contributed by atoms with E-state index >= 15 is 0 Å². The lowest BCUT2D eigenvalue weighted by Gasteiger charge is -2.34. The molecule has 1 aliphatic heterocycles. The van der Waals surface area contributed by atoms with Crippen molar-refractivity contribution in [3.63, 3.8) is 0 Å². The molecule has 0 saturated carbocycles. The van der Waals surface area contributed by atoms with Crippen LogP contribution in [0.2, 0.25) is 0 Å². The first kappa shape index (κ1) is 18.4. The summed E-state index contributed by atoms with van der Waals surface area (Å²) in [6, 6.07) is 7.47. The number of nitrogens with one attached hydrogen (secondary N) is 1. The van der Waals surface area contributed by atoms with Gasteiger partial charge in [-0.05, 0) is 40.2 Å². The lowest BCUT2D eigenvalue weighted by atomic mass is 10.1. The summed E-state index contributed by atoms with van der Waals surface area (Å²) < 4.78 is 11.2. The monoisotopic (exact) mass is 424 g/mol. The van der Waals surface area contributed by atoms with E-state index in [1.54, 1.807) is 25.7 Å². The average molecular weight is 425 g/mol. The third-order valence-corrected chi connectivity index (χ3v) is 5.92. The molecule has 1 N–H and O–H groups in total. The van der Waals surface area contributed by atoms with Gasteiger partial charge in [-0.25, -0.2) is 0 Å². The Morgan fingerprint density at radius 1 is 1.40 bits per heavy atom. The molecule has 1 aromatic heterocycles. The molecule has 1 aromatic carbocycles. The number of rotatable bonds is 6. The second-order valence-electron chi connectivity index (χ2n) is 5.78. The third kappa shape index (κ3) is 4.59. The molecule has 25 heavy (non-hydrogen) atoms. The number of benzene rings is 1. The smallest absolute Gasteiger partial charge is 0.252 e. The van der Waals surface area contributed by atoms with Gasteiger partial charge in [0.05, 0.1) is 31.2 Å². The van der Waals surface area contributed by atoms with Crippen LogP contribution in [0.1, 0.15) is 22.0 Å². The Bertz CT molecular complexity index is 702. The van der Waals surface area contributed by atoms with E-state index in [4.69, 9.17) is 9.15 Å². The van der Waals surface area contributed by atoms with Crippen LogP contribution in [0, 0.1) is 0 Å². The average Bonchev–Trinajstić information content (AvgIpc) is 3.17. The number of hydrogen-bond donors (Lipinski definition) is 1. The predicted molar refractivity (Wildman–Crippen MR) is 103 cm³/mol. The Kier molecular flexibility index (Phi) is 6.45. The quantitative estimate of drug-likeness (QED) is 0.767. The fraction of sp³-hybridized carbons (Fsp3) is 0.389. The molecule has 1 aliphatic rings. The molecule has 0 aliphatic carbocycles. The largest absolute Gasteiger partial charge is 0.497 e. The van der Waals surface area contributed by atoms with Crippen LogP contribution in [-0.4, -0.2) is 49.1 Å². The molecule has 1 amide bonds. The first-order valence-corrected chi connectivity index (χ1v) is 10.1. The minimum atomic E-state index is -0.120. The Labute approximate surface area is 160 Å². The van der Waals surface area contributed by atoms with Crippen LogP contribution in [0.5, 0.6) is 5.75 Å². The van der Waals surface area contributed by atoms with Crippen molar-refractivity contribution in [2.24, 2.45) is 0 Å². The van der Waals surface area contributed by atoms with Crippen molar-refractivity contribution in [1.29, 1.82) is 0 Å². The van der Waals surface area contributed by atoms with Gasteiger partial charge in [0.15, 0.2) is 0 Å². The topological polar surface area (TPSA) is 54.7 Å². The first-order valence-electron chi connectivity index (χ1n) is 8.14. The van der Waals surface area contributed by atoms with Gasteiger partial charge in [0.1, 0.15) is 5.75 Å². The summed E-state index contributed by atoms with van der Waals surface area (Å²) in [6.07, 6.45) is 3.45. The van der Waals surface area contributed by atoms with E-state index in [9.17, 15) is 4.79 Å². The van der Waals surface area contributed by atoms with Gasteiger partial charge in [0.2, 0.25) is 0 Å². The van der Waals surface area contributed by atoms with Crippen molar-refractivity contribution in [3.05, 3.63) is 52.4 Å². The SMILES string of the molecule is COc1ccc(Br)c(C(=O)NC[C@@H](c2ccoc2)N2CCSCC2)c1. The van der Waals surface area contributed by atoms with Gasteiger partial charge < -0.3 is 14.5 Å². The zero-order valence-electron chi connectivity index (χ0n) is 14.0. The maximum atomic E-state index is 12.6. The Hall–Kier alpha value is -1.44. The zero-order chi connectivity index (χ0) is 17.6. The number of carbonyl (C=O) groups excluding carboxylic acids is 1. The van der Waals surface area contributed by atoms with Crippen LogP contribution >= 0.6 is 27.7 Å². The molecule has 3 rings (SSSR count). The van der Waals surface area contributed by atoms with Gasteiger partial charge in [0.25, 0.3) is 5.91 Å². The second kappa shape index (κ2) is 8.78. The number of furan rings is 1. The molecular formula is C18H21BrN2O3S. The van der Waals surface area contributed by atoms with E-state index in [2.05, 4.69) is 26.1 Å². The number of halogens is 1. The van der Waals surface area contributed by atoms with Crippen molar-refractivity contribution in [3.8, 4) is 5.75 Å². The van der Waals surface area contributed by atoms with Crippen molar-refractivity contribution in [2.45, 2.75) is 6.04 Å². The number of methoxy groups -OCH3 is 1. The van der Waals surface area contributed by atoms with E-state index in [0.717, 1.165) is 34.6 Å². The molecule has 0 radical (unpaired) electrons. The molecule has 0 unspecified atom stereocenters. The maximum Gasteiger partial charge on any atom is 0.252 e. The van der Waals surface area contributed by atoms with Crippen LogP contribution in [-0.2, 0) is 0 Å². The Balaban J connectivity index is 1.71. The molecule has 2 aromatic rings. The fourth-order valence-electron chi connectivity index (χ4n) is 2.90. The zero-order valence-corrected chi connectivity index (χ0v) is 16.4. The molecule has 1 atom stereocenters. The molecule has 2 heterocycles. The van der Waals surface area contributed by atoms with E-state index in [-0.39, 0.29) is 11.9 Å². The molecule has 1 saturated heterocycles. The van der Waals surface area contributed by atoms with Gasteiger partial charge in [-0.3, -0.25) is 9.69 Å². The number of carbonyl (C=O) groups is 1. The highest BCUT2D eigenvalue weighted by atomic mass is 79.9. The van der Waals surface area contributed by atoms with Gasteiger partial charge in [-0.15, -0.1) is 0 Å². The number of nitrogens with zero attached hydrogens (tertiary/aromatic N) is 1. The molecule has 7 heteroatoms. The van der Waals surface area contributed by atoms with Crippen molar-refractivity contribution in [1.82, 2.24) is 10.2 Å². The minimum absolute atomic E-state index is 0.119. The minimum Gasteiger partial charge on any atom is -0.497 e. The van der Waals surface area contributed by atoms with E-state index in [0.29, 0.717) is 17.9 Å². The third-order valence-electron chi connectivity index (χ3n) is 4.29. The standard InChI is InChI=1S/C18H21BrN2O3S/c1-23-14-2-3-16(19)15(10-14)18(22)20-11-17(13-4-7-24-12-13)21-5-8-25-9-6-21/h2-4,7,10,12,17H,5-6,8-9,11H2,1H3,(H,20,22)/t17-/m0/s1. The normalized spacial score (nSPS) is 16.4. The van der Waals surface area contributed by atoms with Gasteiger partial charge in [0, 0.05) is 41.2 Å². The number of thioether (sulfide) groups is 1. The highest BCUT2D eigenvalue weighted by Gasteiger charge is 2.24. The van der Waals surface area contributed by atoms with E-state index < -0.39 is 0 Å². The Morgan fingerprint density at radius 3 is 2.88 bits per heavy atom. The summed E-state index contributed by atoms with van der Waals surface area (Å²) in [7, 11) is 1.59. The summed E-state index contributed by atoms with van der Waals surface area (Å²) >= 11 is 5.41. The summed E-state index contributed by atoms with van der Waals surface area (Å²) in [5.74, 6) is 2.77. The summed E-state index contributed by atoms with van der Waals surface area (Å²) in [6.45, 7) is 2.56. The number of hydrogen-bond acceptors (Lipinski definition) is 5. The first-order chi connectivity index (χ1) is 12.2. The van der Waals surface area contributed by atoms with Crippen LogP contribution in [0.15, 0.2) is 45.7 Å². The molecule has 5 nitrogen and oxygen atoms in total. The number of amides is 1. The molecule has 134 valence electrons. The molecule has 0 bridgehead atoms. The molecule has 1 fully saturated rings. The van der Waals surface area contributed by atoms with Crippen molar-refractivity contribution < 1.29 is 13.9 Å². The van der Waals surface area contributed by atoms with Gasteiger partial charge in [-0.1, -0.05) is 0 Å². The summed E-state index contributed by atoms with van der Waals surface area (Å²) in [5.41, 5.74) is 1.66. The van der Waals surface area contributed by atoms with Crippen molar-refractivity contribution in [2.75, 3.05) is 38.2 Å². The van der Waals surface area contributed by atoms with Crippen LogP contribution in [0.4, 0.5) is 0 Å². The van der Waals surface area contributed by atoms with Crippen LogP contribution in [0.25, 0.3) is 0 Å². The van der Waals surface area contributed by atoms with E-state index in [1.165, 1.54) is 0 Å². The van der Waals surface area contributed by atoms with Gasteiger partial charge in [-0.2, -0.15) is 11.8 Å². The lowest BCUT2D eigenvalue weighted by molar-refractivity contribution is 0.0933. The second-order valence-corrected chi connectivity index (χ2v) is 7.86. The van der Waals surface area contributed by atoms with Crippen molar-refractivity contribution >= 4 is 33.6 Å². The molecular weight excluding hydrogens is 404 g/mol. The fourth-order valence-corrected chi connectivity index (χ4v) is 4.26. The lowest BCUT2D eigenvalue weighted by Crippen LogP contribution is -2.42. The number of ether oxygens (including phenoxy) is 1. The van der Waals surface area contributed by atoms with Gasteiger partial charge >= 0.3 is 0 Å².